The van der Waals surface area contributed by atoms with E-state index in [0.29, 0.717) is 31.0 Å². The molecule has 9 heteroatoms. The van der Waals surface area contributed by atoms with Crippen molar-refractivity contribution in [1.29, 1.82) is 0 Å². The van der Waals surface area contributed by atoms with Gasteiger partial charge in [0.2, 0.25) is 15.9 Å². The minimum Gasteiger partial charge on any atom is -0.489 e. The number of carbonyl (C=O) groups is 1. The molecule has 1 N–H and O–H groups in total. The summed E-state index contributed by atoms with van der Waals surface area (Å²) in [6.07, 6.45) is 7.05. The molecular weight excluding hydrogens is 416 g/mol. The highest BCUT2D eigenvalue weighted by molar-refractivity contribution is 7.92. The Hall–Kier alpha value is -3.33. The molecule has 0 spiro atoms. The van der Waals surface area contributed by atoms with Crippen molar-refractivity contribution in [2.75, 3.05) is 23.7 Å². The number of anilines is 1. The van der Waals surface area contributed by atoms with E-state index in [1.165, 1.54) is 0 Å². The SMILES string of the molecule is CS(=O)(=O)N(CC(=O)NCCCn1ccnc1)c1ccc(OCc2ccccc2)cc1. The van der Waals surface area contributed by atoms with Crippen molar-refractivity contribution in [2.24, 2.45) is 0 Å². The molecule has 0 fully saturated rings. The molecule has 31 heavy (non-hydrogen) atoms. The van der Waals surface area contributed by atoms with E-state index in [1.54, 1.807) is 36.8 Å². The Morgan fingerprint density at radius 2 is 1.87 bits per heavy atom. The van der Waals surface area contributed by atoms with Crippen molar-refractivity contribution in [3.8, 4) is 5.75 Å². The minimum absolute atomic E-state index is 0.284. The number of benzene rings is 2. The van der Waals surface area contributed by atoms with Gasteiger partial charge in [0.25, 0.3) is 0 Å². The smallest absolute Gasteiger partial charge is 0.240 e. The standard InChI is InChI=1S/C22H26N4O4S/c1-31(28,29)26(16-22(27)24-12-5-14-25-15-13-23-18-25)20-8-10-21(11-9-20)30-17-19-6-3-2-4-7-19/h2-4,6-11,13,15,18H,5,12,14,16-17H2,1H3,(H,24,27). The number of sulfonamides is 1. The molecule has 0 atom stereocenters. The van der Waals surface area contributed by atoms with Gasteiger partial charge in [0.15, 0.2) is 0 Å². The van der Waals surface area contributed by atoms with Crippen LogP contribution in [0.1, 0.15) is 12.0 Å². The van der Waals surface area contributed by atoms with Crippen LogP contribution in [-0.2, 0) is 28.0 Å². The normalized spacial score (nSPS) is 11.1. The third-order valence-electron chi connectivity index (χ3n) is 4.54. The number of imidazole rings is 1. The van der Waals surface area contributed by atoms with E-state index < -0.39 is 10.0 Å². The molecule has 0 unspecified atom stereocenters. The molecule has 1 heterocycles. The monoisotopic (exact) mass is 442 g/mol. The van der Waals surface area contributed by atoms with Crippen molar-refractivity contribution >= 4 is 21.6 Å². The number of nitrogens with zero attached hydrogens (tertiary/aromatic N) is 3. The first-order chi connectivity index (χ1) is 14.9. The summed E-state index contributed by atoms with van der Waals surface area (Å²) in [5, 5.41) is 2.76. The van der Waals surface area contributed by atoms with E-state index in [4.69, 9.17) is 4.74 Å². The van der Waals surface area contributed by atoms with Gasteiger partial charge in [-0.3, -0.25) is 9.10 Å². The summed E-state index contributed by atoms with van der Waals surface area (Å²) >= 11 is 0. The lowest BCUT2D eigenvalue weighted by molar-refractivity contribution is -0.119. The maximum Gasteiger partial charge on any atom is 0.240 e. The first-order valence-corrected chi connectivity index (χ1v) is 11.7. The average molecular weight is 443 g/mol. The number of hydrogen-bond donors (Lipinski definition) is 1. The molecule has 1 amide bonds. The number of amides is 1. The third kappa shape index (κ3) is 7.14. The second-order valence-electron chi connectivity index (χ2n) is 7.04. The number of aromatic nitrogens is 2. The Bertz CT molecular complexity index is 1050. The molecule has 2 aromatic carbocycles. The molecule has 164 valence electrons. The van der Waals surface area contributed by atoms with Crippen molar-refractivity contribution in [3.05, 3.63) is 78.9 Å². The zero-order chi connectivity index (χ0) is 22.1. The number of nitrogens with one attached hydrogen (secondary N) is 1. The molecule has 0 radical (unpaired) electrons. The molecule has 3 rings (SSSR count). The number of ether oxygens (including phenoxy) is 1. The molecule has 1 aromatic heterocycles. The summed E-state index contributed by atoms with van der Waals surface area (Å²) in [6.45, 7) is 1.30. The van der Waals surface area contributed by atoms with Crippen LogP contribution in [0.15, 0.2) is 73.3 Å². The van der Waals surface area contributed by atoms with Gasteiger partial charge >= 0.3 is 0 Å². The molecule has 0 aliphatic heterocycles. The van der Waals surface area contributed by atoms with E-state index >= 15 is 0 Å². The molecule has 8 nitrogen and oxygen atoms in total. The Morgan fingerprint density at radius 3 is 2.52 bits per heavy atom. The quantitative estimate of drug-likeness (QED) is 0.461. The lowest BCUT2D eigenvalue weighted by atomic mass is 10.2. The third-order valence-corrected chi connectivity index (χ3v) is 5.68. The van der Waals surface area contributed by atoms with Crippen LogP contribution < -0.4 is 14.4 Å². The Kier molecular flexibility index (Phi) is 7.66. The number of hydrogen-bond acceptors (Lipinski definition) is 5. The van der Waals surface area contributed by atoms with Crippen LogP contribution in [0.25, 0.3) is 0 Å². The van der Waals surface area contributed by atoms with Gasteiger partial charge in [-0.1, -0.05) is 30.3 Å². The fraction of sp³-hybridized carbons (Fsp3) is 0.273. The van der Waals surface area contributed by atoms with Crippen LogP contribution >= 0.6 is 0 Å². The first-order valence-electron chi connectivity index (χ1n) is 9.89. The average Bonchev–Trinajstić information content (AvgIpc) is 3.28. The van der Waals surface area contributed by atoms with E-state index in [0.717, 1.165) is 22.7 Å². The fourth-order valence-electron chi connectivity index (χ4n) is 2.94. The number of aryl methyl sites for hydroxylation is 1. The van der Waals surface area contributed by atoms with Crippen molar-refractivity contribution < 1.29 is 17.9 Å². The highest BCUT2D eigenvalue weighted by Gasteiger charge is 2.20. The van der Waals surface area contributed by atoms with Crippen molar-refractivity contribution in [2.45, 2.75) is 19.6 Å². The van der Waals surface area contributed by atoms with Gasteiger partial charge in [-0.25, -0.2) is 13.4 Å². The lowest BCUT2D eigenvalue weighted by Gasteiger charge is -2.22. The summed E-state index contributed by atoms with van der Waals surface area (Å²) in [5.41, 5.74) is 1.44. The van der Waals surface area contributed by atoms with Gasteiger partial charge in [-0.05, 0) is 36.2 Å². The van der Waals surface area contributed by atoms with Crippen LogP contribution in [0.5, 0.6) is 5.75 Å². The summed E-state index contributed by atoms with van der Waals surface area (Å²) in [5.74, 6) is 0.255. The highest BCUT2D eigenvalue weighted by Crippen LogP contribution is 2.22. The van der Waals surface area contributed by atoms with Crippen LogP contribution in [-0.4, -0.2) is 43.2 Å². The maximum absolute atomic E-state index is 12.3. The predicted octanol–water partition coefficient (Wildman–Crippen LogP) is 2.43. The predicted molar refractivity (Wildman–Crippen MR) is 119 cm³/mol. The second kappa shape index (κ2) is 10.6. The topological polar surface area (TPSA) is 93.5 Å². The van der Waals surface area contributed by atoms with Crippen LogP contribution in [0.2, 0.25) is 0 Å². The largest absolute Gasteiger partial charge is 0.489 e. The summed E-state index contributed by atoms with van der Waals surface area (Å²) in [4.78, 5) is 16.3. The minimum atomic E-state index is -3.63. The van der Waals surface area contributed by atoms with E-state index in [1.807, 2.05) is 41.1 Å². The van der Waals surface area contributed by atoms with Crippen LogP contribution in [0.4, 0.5) is 5.69 Å². The molecule has 0 aliphatic rings. The Labute approximate surface area is 182 Å². The number of rotatable bonds is 11. The second-order valence-corrected chi connectivity index (χ2v) is 8.95. The summed E-state index contributed by atoms with van der Waals surface area (Å²) < 4.78 is 33.2. The summed E-state index contributed by atoms with van der Waals surface area (Å²) in [7, 11) is -3.63. The molecule has 0 saturated carbocycles. The van der Waals surface area contributed by atoms with Gasteiger partial charge in [-0.2, -0.15) is 0 Å². The zero-order valence-electron chi connectivity index (χ0n) is 17.3. The van der Waals surface area contributed by atoms with Gasteiger partial charge < -0.3 is 14.6 Å². The molecule has 0 aliphatic carbocycles. The summed E-state index contributed by atoms with van der Waals surface area (Å²) in [6, 6.07) is 16.4. The first kappa shape index (κ1) is 22.4. The number of carbonyl (C=O) groups excluding carboxylic acids is 1. The van der Waals surface area contributed by atoms with Crippen molar-refractivity contribution in [1.82, 2.24) is 14.9 Å². The lowest BCUT2D eigenvalue weighted by Crippen LogP contribution is -2.40. The van der Waals surface area contributed by atoms with Gasteiger partial charge in [-0.15, -0.1) is 0 Å². The maximum atomic E-state index is 12.3. The highest BCUT2D eigenvalue weighted by atomic mass is 32.2. The van der Waals surface area contributed by atoms with Crippen LogP contribution in [0.3, 0.4) is 0 Å². The molecular formula is C22H26N4O4S. The zero-order valence-corrected chi connectivity index (χ0v) is 18.2. The van der Waals surface area contributed by atoms with Gasteiger partial charge in [0.1, 0.15) is 18.9 Å². The molecule has 0 saturated heterocycles. The Balaban J connectivity index is 1.54. The Morgan fingerprint density at radius 1 is 1.13 bits per heavy atom. The molecule has 0 bridgehead atoms. The van der Waals surface area contributed by atoms with E-state index in [2.05, 4.69) is 10.3 Å². The van der Waals surface area contributed by atoms with E-state index in [-0.39, 0.29) is 12.5 Å². The molecule has 3 aromatic rings. The van der Waals surface area contributed by atoms with Gasteiger partial charge in [0, 0.05) is 25.5 Å². The van der Waals surface area contributed by atoms with Crippen LogP contribution in [0, 0.1) is 0 Å². The fourth-order valence-corrected chi connectivity index (χ4v) is 3.80. The van der Waals surface area contributed by atoms with Gasteiger partial charge in [0.05, 0.1) is 18.3 Å². The van der Waals surface area contributed by atoms with Crippen molar-refractivity contribution in [3.63, 3.8) is 0 Å². The van der Waals surface area contributed by atoms with E-state index in [9.17, 15) is 13.2 Å².